The molecule has 0 aliphatic heterocycles. The molecule has 0 bridgehead atoms. The van der Waals surface area contributed by atoms with E-state index >= 15 is 0 Å². The maximum atomic E-state index is 12.8. The second-order valence-electron chi connectivity index (χ2n) is 7.28. The van der Waals surface area contributed by atoms with E-state index in [9.17, 15) is 35.6 Å². The van der Waals surface area contributed by atoms with Crippen LogP contribution in [0.25, 0.3) is 28.1 Å². The van der Waals surface area contributed by atoms with Gasteiger partial charge in [-0.1, -0.05) is 6.08 Å². The Bertz CT molecular complexity index is 1500. The third-order valence-corrected chi connectivity index (χ3v) is 6.54. The molecule has 8 nitrogen and oxygen atoms in total. The molecule has 3 aromatic heterocycles. The molecule has 0 fully saturated rings. The molecule has 3 heterocycles. The van der Waals surface area contributed by atoms with E-state index in [2.05, 4.69) is 14.7 Å². The number of ether oxygens (including phenoxy) is 1. The summed E-state index contributed by atoms with van der Waals surface area (Å²) in [6.45, 7) is -2.46. The van der Waals surface area contributed by atoms with Crippen molar-refractivity contribution in [2.75, 3.05) is 0 Å². The fraction of sp³-hybridized carbons (Fsp3) is 0.190. The zero-order chi connectivity index (χ0) is 25.5. The van der Waals surface area contributed by atoms with Crippen LogP contribution in [0, 0.1) is 11.3 Å². The fourth-order valence-electron chi connectivity index (χ4n) is 3.28. The number of nitrogens with zero attached hydrogens (tertiary/aromatic N) is 4. The standard InChI is InChI=1S/C21H14F5N5O3S/c1-11(21(24,25)26)30-35(32,33)13-5-7-16(28-10-13)18-15(9-27)14-6-8-17(34-20(22)23)29-19(14)31(18)12-3-2-4-12/h2-8,10-11,20,30H,1H3. The number of nitrogens with one attached hydrogen (secondary N) is 1. The Balaban J connectivity index is 1.82. The number of fused-ring (bicyclic) bond motifs is 1. The Morgan fingerprint density at radius 2 is 1.91 bits per heavy atom. The van der Waals surface area contributed by atoms with Crippen molar-refractivity contribution in [2.24, 2.45) is 0 Å². The summed E-state index contributed by atoms with van der Waals surface area (Å²) in [7, 11) is -4.55. The summed E-state index contributed by atoms with van der Waals surface area (Å²) < 4.78 is 95.7. The first kappa shape index (κ1) is 24.3. The smallest absolute Gasteiger partial charge is 0.404 e. The summed E-state index contributed by atoms with van der Waals surface area (Å²) >= 11 is 0. The fourth-order valence-corrected chi connectivity index (χ4v) is 4.46. The second-order valence-corrected chi connectivity index (χ2v) is 9.00. The van der Waals surface area contributed by atoms with Gasteiger partial charge in [0.1, 0.15) is 17.0 Å². The Morgan fingerprint density at radius 1 is 1.20 bits per heavy atom. The van der Waals surface area contributed by atoms with Crippen molar-refractivity contribution < 1.29 is 35.1 Å². The zero-order valence-electron chi connectivity index (χ0n) is 17.6. The molecule has 0 saturated carbocycles. The number of allylic oxidation sites excluding steroid dienone is 4. The molecule has 1 unspecified atom stereocenters. The van der Waals surface area contributed by atoms with Crippen molar-refractivity contribution in [3.63, 3.8) is 0 Å². The molecule has 0 aromatic carbocycles. The van der Waals surface area contributed by atoms with Crippen molar-refractivity contribution in [3.8, 4) is 23.3 Å². The van der Waals surface area contributed by atoms with Gasteiger partial charge in [0.15, 0.2) is 5.65 Å². The van der Waals surface area contributed by atoms with Gasteiger partial charge in [-0.05, 0) is 37.3 Å². The van der Waals surface area contributed by atoms with Crippen molar-refractivity contribution >= 4 is 26.8 Å². The average Bonchev–Trinajstić information content (AvgIpc) is 3.04. The van der Waals surface area contributed by atoms with Crippen molar-refractivity contribution in [1.29, 1.82) is 5.26 Å². The van der Waals surface area contributed by atoms with E-state index < -0.39 is 33.7 Å². The number of aromatic nitrogens is 3. The van der Waals surface area contributed by atoms with Gasteiger partial charge in [-0.25, -0.2) is 8.42 Å². The number of pyridine rings is 2. The Labute approximate surface area is 195 Å². The molecule has 0 radical (unpaired) electrons. The first-order valence-electron chi connectivity index (χ1n) is 9.77. The predicted molar refractivity (Wildman–Crippen MR) is 114 cm³/mol. The summed E-state index contributed by atoms with van der Waals surface area (Å²) in [6, 6.07) is 4.50. The van der Waals surface area contributed by atoms with Crippen molar-refractivity contribution in [3.05, 3.63) is 54.3 Å². The number of hydrogen-bond donors (Lipinski definition) is 1. The highest BCUT2D eigenvalue weighted by atomic mass is 32.2. The largest absolute Gasteiger partial charge is 0.417 e. The molecule has 14 heteroatoms. The second kappa shape index (κ2) is 8.75. The van der Waals surface area contributed by atoms with Crippen LogP contribution in [0.15, 0.2) is 53.6 Å². The van der Waals surface area contributed by atoms with Crippen LogP contribution < -0.4 is 9.46 Å². The molecular weight excluding hydrogens is 497 g/mol. The van der Waals surface area contributed by atoms with Gasteiger partial charge in [-0.3, -0.25) is 9.55 Å². The first-order valence-corrected chi connectivity index (χ1v) is 11.3. The molecule has 1 N–H and O–H groups in total. The molecule has 35 heavy (non-hydrogen) atoms. The highest BCUT2D eigenvalue weighted by Crippen LogP contribution is 2.37. The van der Waals surface area contributed by atoms with Gasteiger partial charge >= 0.3 is 12.8 Å². The summed E-state index contributed by atoms with van der Waals surface area (Å²) in [5, 5.41) is 10.1. The number of hydrogen-bond acceptors (Lipinski definition) is 6. The SMILES string of the molecule is CC(NS(=O)(=O)c1ccc(-c2c(C#N)c3ccc(OC(F)F)nc3n2C2=CC=C2)nc1)C(F)(F)F. The minimum absolute atomic E-state index is 0.0734. The lowest BCUT2D eigenvalue weighted by Crippen LogP contribution is -2.42. The van der Waals surface area contributed by atoms with Crippen LogP contribution in [0.2, 0.25) is 0 Å². The predicted octanol–water partition coefficient (Wildman–Crippen LogP) is 4.21. The van der Waals surface area contributed by atoms with Crippen molar-refractivity contribution in [2.45, 2.75) is 30.6 Å². The van der Waals surface area contributed by atoms with Gasteiger partial charge in [0.05, 0.1) is 17.0 Å². The molecule has 182 valence electrons. The number of nitriles is 1. The third kappa shape index (κ3) is 4.60. The summed E-state index contributed by atoms with van der Waals surface area (Å²) in [4.78, 5) is 7.62. The van der Waals surface area contributed by atoms with E-state index in [0.29, 0.717) is 18.0 Å². The van der Waals surface area contributed by atoms with Crippen molar-refractivity contribution in [1.82, 2.24) is 19.3 Å². The zero-order valence-corrected chi connectivity index (χ0v) is 18.4. The van der Waals surface area contributed by atoms with E-state index in [-0.39, 0.29) is 28.5 Å². The Morgan fingerprint density at radius 3 is 2.43 bits per heavy atom. The molecule has 0 spiro atoms. The van der Waals surface area contributed by atoms with E-state index in [4.69, 9.17) is 0 Å². The number of halogens is 5. The quantitative estimate of drug-likeness (QED) is 0.476. The topological polar surface area (TPSA) is 110 Å². The molecule has 0 saturated heterocycles. The summed E-state index contributed by atoms with van der Waals surface area (Å²) in [5.74, 6) is -0.384. The minimum Gasteiger partial charge on any atom is -0.417 e. The van der Waals surface area contributed by atoms with Gasteiger partial charge in [-0.15, -0.1) is 0 Å². The van der Waals surface area contributed by atoms with Gasteiger partial charge in [0.2, 0.25) is 15.9 Å². The van der Waals surface area contributed by atoms with Crippen LogP contribution >= 0.6 is 0 Å². The van der Waals surface area contributed by atoms with Crippen LogP contribution in [-0.2, 0) is 10.0 Å². The third-order valence-electron chi connectivity index (χ3n) is 5.02. The molecule has 0 amide bonds. The highest BCUT2D eigenvalue weighted by molar-refractivity contribution is 7.89. The highest BCUT2D eigenvalue weighted by Gasteiger charge is 2.39. The van der Waals surface area contributed by atoms with Crippen LogP contribution in [0.5, 0.6) is 5.88 Å². The number of alkyl halides is 5. The minimum atomic E-state index is -4.78. The average molecular weight is 511 g/mol. The molecule has 4 rings (SSSR count). The number of rotatable bonds is 7. The van der Waals surface area contributed by atoms with E-state index in [1.54, 1.807) is 18.2 Å². The monoisotopic (exact) mass is 511 g/mol. The summed E-state index contributed by atoms with van der Waals surface area (Å²) in [5.41, 5.74) is 1.00. The van der Waals surface area contributed by atoms with Gasteiger partial charge in [0, 0.05) is 23.3 Å². The van der Waals surface area contributed by atoms with Crippen LogP contribution in [0.3, 0.4) is 0 Å². The van der Waals surface area contributed by atoms with Crippen LogP contribution in [0.4, 0.5) is 22.0 Å². The first-order chi connectivity index (χ1) is 16.4. The van der Waals surface area contributed by atoms with Gasteiger partial charge < -0.3 is 4.74 Å². The molecular formula is C21H14F5N5O3S. The number of sulfonamides is 1. The lowest BCUT2D eigenvalue weighted by atomic mass is 10.1. The molecule has 1 atom stereocenters. The molecule has 1 aliphatic rings. The van der Waals surface area contributed by atoms with E-state index in [1.165, 1.54) is 27.5 Å². The Hall–Kier alpha value is -3.83. The van der Waals surface area contributed by atoms with Gasteiger partial charge in [0.25, 0.3) is 0 Å². The molecule has 1 aliphatic carbocycles. The maximum Gasteiger partial charge on any atom is 0.404 e. The Kier molecular flexibility index (Phi) is 6.07. The normalized spacial score (nSPS) is 14.5. The lowest BCUT2D eigenvalue weighted by Gasteiger charge is -2.17. The lowest BCUT2D eigenvalue weighted by molar-refractivity contribution is -0.147. The van der Waals surface area contributed by atoms with E-state index in [0.717, 1.165) is 12.3 Å². The maximum absolute atomic E-state index is 12.8. The molecule has 3 aromatic rings. The van der Waals surface area contributed by atoms with Crippen LogP contribution in [-0.4, -0.2) is 41.8 Å². The van der Waals surface area contributed by atoms with E-state index in [1.807, 2.05) is 6.07 Å². The van der Waals surface area contributed by atoms with Crippen LogP contribution in [0.1, 0.15) is 12.5 Å². The summed E-state index contributed by atoms with van der Waals surface area (Å²) in [6.07, 6.45) is 1.08. The van der Waals surface area contributed by atoms with Gasteiger partial charge in [-0.2, -0.15) is 36.9 Å².